The SMILES string of the molecule is CCCc1ccc2c(c1)COP(=S)(CCOc1ccccc1)O2. The third-order valence-electron chi connectivity index (χ3n) is 3.69. The van der Waals surface area contributed by atoms with Gasteiger partial charge in [-0.25, -0.2) is 0 Å². The van der Waals surface area contributed by atoms with E-state index in [0.717, 1.165) is 29.9 Å². The molecule has 1 aliphatic heterocycles. The monoisotopic (exact) mass is 348 g/mol. The van der Waals surface area contributed by atoms with Crippen molar-refractivity contribution in [2.24, 2.45) is 0 Å². The summed E-state index contributed by atoms with van der Waals surface area (Å²) < 4.78 is 17.6. The first-order valence-corrected chi connectivity index (χ1v) is 10.7. The van der Waals surface area contributed by atoms with Gasteiger partial charge in [0.05, 0.1) is 19.4 Å². The summed E-state index contributed by atoms with van der Waals surface area (Å²) in [4.78, 5) is 0. The van der Waals surface area contributed by atoms with Crippen LogP contribution < -0.4 is 9.26 Å². The maximum Gasteiger partial charge on any atom is 0.241 e. The van der Waals surface area contributed by atoms with Crippen molar-refractivity contribution in [3.05, 3.63) is 59.7 Å². The first kappa shape index (κ1) is 16.5. The van der Waals surface area contributed by atoms with Crippen LogP contribution in [0.1, 0.15) is 24.5 Å². The van der Waals surface area contributed by atoms with E-state index < -0.39 is 6.49 Å². The summed E-state index contributed by atoms with van der Waals surface area (Å²) in [5, 5.41) is 0. The first-order chi connectivity index (χ1) is 11.2. The molecule has 2 aromatic carbocycles. The average molecular weight is 348 g/mol. The zero-order valence-electron chi connectivity index (χ0n) is 13.2. The van der Waals surface area contributed by atoms with E-state index in [1.165, 1.54) is 5.56 Å². The third kappa shape index (κ3) is 4.35. The molecule has 0 aliphatic carbocycles. The summed E-state index contributed by atoms with van der Waals surface area (Å²) in [5.74, 6) is 1.72. The summed E-state index contributed by atoms with van der Waals surface area (Å²) in [5.41, 5.74) is 2.42. The molecule has 1 heterocycles. The van der Waals surface area contributed by atoms with Crippen molar-refractivity contribution in [2.45, 2.75) is 26.4 Å². The van der Waals surface area contributed by atoms with Gasteiger partial charge in [0.25, 0.3) is 0 Å². The van der Waals surface area contributed by atoms with Crippen LogP contribution in [0.25, 0.3) is 0 Å². The number of benzene rings is 2. The second-order valence-electron chi connectivity index (χ2n) is 5.55. The molecule has 0 saturated carbocycles. The number of hydrogen-bond donors (Lipinski definition) is 0. The Morgan fingerprint density at radius 2 is 2.00 bits per heavy atom. The lowest BCUT2D eigenvalue weighted by molar-refractivity contribution is 0.264. The fraction of sp³-hybridized carbons (Fsp3) is 0.333. The lowest BCUT2D eigenvalue weighted by Crippen LogP contribution is -2.14. The van der Waals surface area contributed by atoms with E-state index in [1.54, 1.807) is 0 Å². The molecule has 0 saturated heterocycles. The van der Waals surface area contributed by atoms with Crippen LogP contribution in [0.15, 0.2) is 48.5 Å². The molecule has 1 aliphatic rings. The van der Waals surface area contributed by atoms with Crippen LogP contribution in [0.3, 0.4) is 0 Å². The van der Waals surface area contributed by atoms with Gasteiger partial charge < -0.3 is 13.8 Å². The predicted octanol–water partition coefficient (Wildman–Crippen LogP) is 4.94. The number of aryl methyl sites for hydroxylation is 1. The Balaban J connectivity index is 1.60. The van der Waals surface area contributed by atoms with Crippen LogP contribution >= 0.6 is 6.49 Å². The van der Waals surface area contributed by atoms with Crippen molar-refractivity contribution < 1.29 is 13.8 Å². The van der Waals surface area contributed by atoms with Gasteiger partial charge in [-0.15, -0.1) is 0 Å². The number of ether oxygens (including phenoxy) is 1. The molecule has 3 nitrogen and oxygen atoms in total. The van der Waals surface area contributed by atoms with Crippen molar-refractivity contribution in [1.29, 1.82) is 0 Å². The van der Waals surface area contributed by atoms with E-state index in [-0.39, 0.29) is 0 Å². The molecule has 122 valence electrons. The lowest BCUT2D eigenvalue weighted by atomic mass is 10.1. The molecule has 0 fully saturated rings. The maximum atomic E-state index is 6.01. The topological polar surface area (TPSA) is 27.7 Å². The maximum absolute atomic E-state index is 6.01. The lowest BCUT2D eigenvalue weighted by Gasteiger charge is -2.29. The minimum atomic E-state index is -2.30. The van der Waals surface area contributed by atoms with E-state index >= 15 is 0 Å². The summed E-state index contributed by atoms with van der Waals surface area (Å²) in [6.07, 6.45) is 2.81. The molecule has 23 heavy (non-hydrogen) atoms. The van der Waals surface area contributed by atoms with Crippen molar-refractivity contribution in [3.8, 4) is 11.5 Å². The summed E-state index contributed by atoms with van der Waals surface area (Å²) >= 11 is 5.62. The number of fused-ring (bicyclic) bond motifs is 1. The Morgan fingerprint density at radius 3 is 2.78 bits per heavy atom. The molecule has 0 aromatic heterocycles. The second-order valence-corrected chi connectivity index (χ2v) is 9.33. The van der Waals surface area contributed by atoms with Crippen molar-refractivity contribution in [2.75, 3.05) is 12.8 Å². The molecule has 0 N–H and O–H groups in total. The molecular formula is C18H21O3PS. The van der Waals surface area contributed by atoms with Crippen LogP contribution in [-0.2, 0) is 29.4 Å². The standard InChI is InChI=1S/C18H21O3PS/c1-2-6-15-9-10-18-16(13-15)14-20-22(23,21-18)12-11-19-17-7-4-3-5-8-17/h3-5,7-10,13H,2,6,11-12,14H2,1H3. The number of para-hydroxylation sites is 1. The summed E-state index contributed by atoms with van der Waals surface area (Å²) in [6.45, 7) is 0.916. The molecule has 0 bridgehead atoms. The highest BCUT2D eigenvalue weighted by molar-refractivity contribution is 8.10. The molecule has 5 heteroatoms. The van der Waals surface area contributed by atoms with Crippen molar-refractivity contribution in [3.63, 3.8) is 0 Å². The highest BCUT2D eigenvalue weighted by Crippen LogP contribution is 2.53. The van der Waals surface area contributed by atoms with Crippen LogP contribution in [-0.4, -0.2) is 12.8 Å². The quantitative estimate of drug-likeness (QED) is 0.692. The fourth-order valence-electron chi connectivity index (χ4n) is 2.53. The Kier molecular flexibility index (Phi) is 5.37. The van der Waals surface area contributed by atoms with Gasteiger partial charge in [-0.3, -0.25) is 0 Å². The smallest absolute Gasteiger partial charge is 0.241 e. The zero-order chi connectivity index (χ0) is 16.1. The Labute approximate surface area is 142 Å². The minimum absolute atomic E-state index is 0.505. The normalized spacial score (nSPS) is 19.7. The number of hydrogen-bond acceptors (Lipinski definition) is 4. The molecule has 1 atom stereocenters. The molecular weight excluding hydrogens is 327 g/mol. The van der Waals surface area contributed by atoms with Crippen LogP contribution in [0.5, 0.6) is 11.5 Å². The Morgan fingerprint density at radius 1 is 1.17 bits per heavy atom. The van der Waals surface area contributed by atoms with Gasteiger partial charge in [0.1, 0.15) is 11.5 Å². The molecule has 2 aromatic rings. The van der Waals surface area contributed by atoms with Gasteiger partial charge in [-0.05, 0) is 48.1 Å². The van der Waals surface area contributed by atoms with E-state index in [9.17, 15) is 0 Å². The van der Waals surface area contributed by atoms with Gasteiger partial charge in [0.15, 0.2) is 0 Å². The van der Waals surface area contributed by atoms with E-state index in [1.807, 2.05) is 36.4 Å². The first-order valence-electron chi connectivity index (χ1n) is 7.91. The summed E-state index contributed by atoms with van der Waals surface area (Å²) in [6, 6.07) is 16.0. The fourth-order valence-corrected chi connectivity index (χ4v) is 4.55. The molecule has 0 amide bonds. The molecule has 1 unspecified atom stereocenters. The average Bonchev–Trinajstić information content (AvgIpc) is 2.56. The van der Waals surface area contributed by atoms with Gasteiger partial charge in [-0.1, -0.05) is 37.6 Å². The van der Waals surface area contributed by atoms with Crippen molar-refractivity contribution in [1.82, 2.24) is 0 Å². The highest BCUT2D eigenvalue weighted by Gasteiger charge is 2.27. The molecule has 3 rings (SSSR count). The van der Waals surface area contributed by atoms with Crippen LogP contribution in [0.4, 0.5) is 0 Å². The largest absolute Gasteiger partial charge is 0.493 e. The van der Waals surface area contributed by atoms with Crippen LogP contribution in [0, 0.1) is 0 Å². The van der Waals surface area contributed by atoms with Gasteiger partial charge >= 0.3 is 0 Å². The Hall–Kier alpha value is -1.35. The van der Waals surface area contributed by atoms with E-state index in [2.05, 4.69) is 19.1 Å². The zero-order valence-corrected chi connectivity index (χ0v) is 14.9. The molecule has 0 radical (unpaired) electrons. The van der Waals surface area contributed by atoms with E-state index in [4.69, 9.17) is 25.6 Å². The van der Waals surface area contributed by atoms with Gasteiger partial charge in [-0.2, -0.15) is 0 Å². The highest BCUT2D eigenvalue weighted by atomic mass is 32.5. The second kappa shape index (κ2) is 7.48. The summed E-state index contributed by atoms with van der Waals surface area (Å²) in [7, 11) is 0. The minimum Gasteiger partial charge on any atom is -0.493 e. The van der Waals surface area contributed by atoms with Gasteiger partial charge in [0, 0.05) is 5.56 Å². The number of rotatable bonds is 6. The Bertz CT molecular complexity index is 703. The van der Waals surface area contributed by atoms with Gasteiger partial charge in [0.2, 0.25) is 6.49 Å². The van der Waals surface area contributed by atoms with Crippen molar-refractivity contribution >= 4 is 18.3 Å². The predicted molar refractivity (Wildman–Crippen MR) is 96.9 cm³/mol. The third-order valence-corrected chi connectivity index (χ3v) is 6.51. The van der Waals surface area contributed by atoms with Crippen LogP contribution in [0.2, 0.25) is 0 Å². The van der Waals surface area contributed by atoms with E-state index in [0.29, 0.717) is 19.4 Å². The molecule has 0 spiro atoms.